The van der Waals surface area contributed by atoms with E-state index in [2.05, 4.69) is 82.8 Å². The number of benzene rings is 1. The molecule has 1 amide bonds. The normalized spacial score (nSPS) is 11.3. The summed E-state index contributed by atoms with van der Waals surface area (Å²) in [5.74, 6) is 0.932. The molecule has 0 unspecified atom stereocenters. The number of anilines is 2. The highest BCUT2D eigenvalue weighted by Crippen LogP contribution is 2.40. The van der Waals surface area contributed by atoms with Crippen LogP contribution < -0.4 is 10.6 Å². The van der Waals surface area contributed by atoms with Crippen LogP contribution >= 0.6 is 22.7 Å². The van der Waals surface area contributed by atoms with Gasteiger partial charge in [0.05, 0.1) is 5.39 Å². The Kier molecular flexibility index (Phi) is 6.24. The average Bonchev–Trinajstić information content (AvgIpc) is 3.33. The first-order valence-corrected chi connectivity index (χ1v) is 11.7. The van der Waals surface area contributed by atoms with Crippen LogP contribution in [-0.2, 0) is 4.79 Å². The summed E-state index contributed by atoms with van der Waals surface area (Å²) in [5.41, 5.74) is 3.50. The largest absolute Gasteiger partial charge is 0.369 e. The van der Waals surface area contributed by atoms with E-state index >= 15 is 0 Å². The van der Waals surface area contributed by atoms with E-state index in [1.807, 2.05) is 0 Å². The van der Waals surface area contributed by atoms with Crippen molar-refractivity contribution in [1.29, 1.82) is 0 Å². The molecule has 0 aliphatic rings. The Labute approximate surface area is 189 Å². The maximum absolute atomic E-state index is 12.3. The van der Waals surface area contributed by atoms with E-state index in [0.717, 1.165) is 32.2 Å². The van der Waals surface area contributed by atoms with Gasteiger partial charge in [-0.3, -0.25) is 4.79 Å². The number of rotatable bonds is 7. The summed E-state index contributed by atoms with van der Waals surface area (Å²) in [6.45, 7) is 8.74. The van der Waals surface area contributed by atoms with Gasteiger partial charge in [-0.2, -0.15) is 0 Å². The molecule has 160 valence electrons. The molecule has 0 aliphatic carbocycles. The van der Waals surface area contributed by atoms with Crippen LogP contribution in [0, 0.1) is 13.8 Å². The third-order valence-electron chi connectivity index (χ3n) is 4.83. The number of thiophene rings is 1. The van der Waals surface area contributed by atoms with Crippen LogP contribution in [0.15, 0.2) is 30.6 Å². The molecule has 0 radical (unpaired) electrons. The Morgan fingerprint density at radius 3 is 2.55 bits per heavy atom. The third-order valence-corrected chi connectivity index (χ3v) is 6.98. The second-order valence-corrected chi connectivity index (χ2v) is 9.84. The van der Waals surface area contributed by atoms with Crippen LogP contribution in [0.1, 0.15) is 41.6 Å². The third kappa shape index (κ3) is 4.72. The Hall–Kier alpha value is -2.91. The molecule has 0 aliphatic heterocycles. The lowest BCUT2D eigenvalue weighted by molar-refractivity contribution is -0.115. The SMILES string of the molecule is Cc1ccc(-c2c(C)sc3ncnc(NCCC(=O)Nc4nnc(C(C)C)s4)c23)cc1. The molecular weight excluding hydrogens is 428 g/mol. The molecule has 1 aromatic carbocycles. The quantitative estimate of drug-likeness (QED) is 0.390. The number of nitrogens with one attached hydrogen (secondary N) is 2. The number of fused-ring (bicyclic) bond motifs is 1. The fourth-order valence-corrected chi connectivity index (χ4v) is 5.02. The summed E-state index contributed by atoms with van der Waals surface area (Å²) in [6.07, 6.45) is 1.86. The minimum absolute atomic E-state index is 0.107. The summed E-state index contributed by atoms with van der Waals surface area (Å²) in [7, 11) is 0. The van der Waals surface area contributed by atoms with Crippen molar-refractivity contribution in [2.75, 3.05) is 17.2 Å². The predicted molar refractivity (Wildman–Crippen MR) is 128 cm³/mol. The molecule has 31 heavy (non-hydrogen) atoms. The maximum atomic E-state index is 12.3. The van der Waals surface area contributed by atoms with E-state index in [0.29, 0.717) is 24.0 Å². The molecular formula is C22H24N6OS2. The minimum atomic E-state index is -0.107. The van der Waals surface area contributed by atoms with Crippen LogP contribution in [0.3, 0.4) is 0 Å². The summed E-state index contributed by atoms with van der Waals surface area (Å²) in [4.78, 5) is 23.4. The van der Waals surface area contributed by atoms with Crippen molar-refractivity contribution in [3.05, 3.63) is 46.0 Å². The molecule has 9 heteroatoms. The van der Waals surface area contributed by atoms with E-state index in [1.54, 1.807) is 17.7 Å². The van der Waals surface area contributed by atoms with Crippen LogP contribution in [0.4, 0.5) is 10.9 Å². The average molecular weight is 453 g/mol. The number of hydrogen-bond acceptors (Lipinski definition) is 8. The van der Waals surface area contributed by atoms with E-state index in [4.69, 9.17) is 0 Å². The first-order valence-electron chi connectivity index (χ1n) is 10.1. The molecule has 2 N–H and O–H groups in total. The van der Waals surface area contributed by atoms with Gasteiger partial charge in [0.2, 0.25) is 11.0 Å². The van der Waals surface area contributed by atoms with Crippen molar-refractivity contribution in [3.63, 3.8) is 0 Å². The van der Waals surface area contributed by atoms with Gasteiger partial charge in [-0.1, -0.05) is 55.0 Å². The molecule has 7 nitrogen and oxygen atoms in total. The van der Waals surface area contributed by atoms with Gasteiger partial charge in [0.1, 0.15) is 22.0 Å². The smallest absolute Gasteiger partial charge is 0.227 e. The number of carbonyl (C=O) groups excluding carboxylic acids is 1. The predicted octanol–water partition coefficient (Wildman–Crippen LogP) is 5.39. The first kappa shape index (κ1) is 21.3. The maximum Gasteiger partial charge on any atom is 0.227 e. The van der Waals surface area contributed by atoms with Gasteiger partial charge in [-0.05, 0) is 19.4 Å². The summed E-state index contributed by atoms with van der Waals surface area (Å²) < 4.78 is 0. The number of carbonyl (C=O) groups is 1. The molecule has 0 saturated heterocycles. The van der Waals surface area contributed by atoms with Crippen molar-refractivity contribution < 1.29 is 4.79 Å². The lowest BCUT2D eigenvalue weighted by Crippen LogP contribution is -2.16. The Morgan fingerprint density at radius 1 is 1.06 bits per heavy atom. The number of amides is 1. The number of aryl methyl sites for hydroxylation is 2. The number of hydrogen-bond donors (Lipinski definition) is 2. The zero-order valence-electron chi connectivity index (χ0n) is 17.9. The molecule has 0 fully saturated rings. The second kappa shape index (κ2) is 9.07. The summed E-state index contributed by atoms with van der Waals surface area (Å²) in [5, 5.41) is 16.7. The van der Waals surface area contributed by atoms with Crippen LogP contribution in [0.25, 0.3) is 21.3 Å². The lowest BCUT2D eigenvalue weighted by Gasteiger charge is -2.09. The first-order chi connectivity index (χ1) is 14.9. The van der Waals surface area contributed by atoms with Gasteiger partial charge in [0.25, 0.3) is 0 Å². The van der Waals surface area contributed by atoms with E-state index in [1.165, 1.54) is 21.8 Å². The van der Waals surface area contributed by atoms with Crippen molar-refractivity contribution in [3.8, 4) is 11.1 Å². The van der Waals surface area contributed by atoms with Crippen LogP contribution in [0.5, 0.6) is 0 Å². The van der Waals surface area contributed by atoms with Crippen molar-refractivity contribution >= 4 is 49.7 Å². The van der Waals surface area contributed by atoms with Gasteiger partial charge in [0, 0.05) is 29.3 Å². The summed E-state index contributed by atoms with van der Waals surface area (Å²) in [6, 6.07) is 8.47. The standard InChI is InChI=1S/C22H24N6OS2/c1-12(2)20-27-28-22(31-20)26-16(29)9-10-23-19-18-17(15-7-5-13(3)6-8-15)14(4)30-21(18)25-11-24-19/h5-8,11-12H,9-10H2,1-4H3,(H,23,24,25)(H,26,28,29). The minimum Gasteiger partial charge on any atom is -0.369 e. The Bertz CT molecular complexity index is 1210. The van der Waals surface area contributed by atoms with Gasteiger partial charge < -0.3 is 10.6 Å². The van der Waals surface area contributed by atoms with Crippen LogP contribution in [0.2, 0.25) is 0 Å². The molecule has 0 spiro atoms. The number of nitrogens with zero attached hydrogens (tertiary/aromatic N) is 4. The van der Waals surface area contributed by atoms with E-state index < -0.39 is 0 Å². The molecule has 4 rings (SSSR count). The Morgan fingerprint density at radius 2 is 1.84 bits per heavy atom. The molecule has 0 bridgehead atoms. The van der Waals surface area contributed by atoms with E-state index in [9.17, 15) is 4.79 Å². The Balaban J connectivity index is 1.48. The zero-order chi connectivity index (χ0) is 22.0. The fraction of sp³-hybridized carbons (Fsp3) is 0.318. The van der Waals surface area contributed by atoms with Crippen molar-refractivity contribution in [2.45, 2.75) is 40.0 Å². The zero-order valence-corrected chi connectivity index (χ0v) is 19.5. The van der Waals surface area contributed by atoms with Gasteiger partial charge in [-0.25, -0.2) is 9.97 Å². The number of aromatic nitrogens is 4. The molecule has 3 heterocycles. The van der Waals surface area contributed by atoms with E-state index in [-0.39, 0.29) is 5.91 Å². The fourth-order valence-electron chi connectivity index (χ4n) is 3.24. The van der Waals surface area contributed by atoms with Gasteiger partial charge >= 0.3 is 0 Å². The highest BCUT2D eigenvalue weighted by atomic mass is 32.1. The van der Waals surface area contributed by atoms with Crippen LogP contribution in [-0.4, -0.2) is 32.6 Å². The highest BCUT2D eigenvalue weighted by molar-refractivity contribution is 7.19. The second-order valence-electron chi connectivity index (χ2n) is 7.63. The van der Waals surface area contributed by atoms with Crippen molar-refractivity contribution in [1.82, 2.24) is 20.2 Å². The lowest BCUT2D eigenvalue weighted by atomic mass is 10.0. The van der Waals surface area contributed by atoms with Gasteiger partial charge in [0.15, 0.2) is 0 Å². The molecule has 0 atom stereocenters. The molecule has 4 aromatic rings. The topological polar surface area (TPSA) is 92.7 Å². The molecule has 0 saturated carbocycles. The van der Waals surface area contributed by atoms with Crippen molar-refractivity contribution in [2.24, 2.45) is 0 Å². The summed E-state index contributed by atoms with van der Waals surface area (Å²) >= 11 is 3.06. The highest BCUT2D eigenvalue weighted by Gasteiger charge is 2.17. The monoisotopic (exact) mass is 452 g/mol. The van der Waals surface area contributed by atoms with Gasteiger partial charge in [-0.15, -0.1) is 21.5 Å². The molecule has 3 aromatic heterocycles.